The molecular weight excluding hydrogens is 425 g/mol. The molecular formula is C18H22Cl3N5O2. The second-order valence-corrected chi connectivity index (χ2v) is 6.72. The molecule has 1 atom stereocenters. The van der Waals surface area contributed by atoms with Crippen LogP contribution in [-0.2, 0) is 11.2 Å². The molecule has 0 fully saturated rings. The van der Waals surface area contributed by atoms with Crippen molar-refractivity contribution in [2.75, 3.05) is 32.2 Å². The zero-order valence-corrected chi connectivity index (χ0v) is 17.6. The largest absolute Gasteiger partial charge is 0.485 e. The summed E-state index contributed by atoms with van der Waals surface area (Å²) in [5, 5.41) is 4.60. The molecule has 0 unspecified atom stereocenters. The summed E-state index contributed by atoms with van der Waals surface area (Å²) >= 11 is 12.1. The number of nitrogens with zero attached hydrogens (tertiary/aromatic N) is 2. The molecule has 0 aliphatic rings. The fourth-order valence-corrected chi connectivity index (χ4v) is 3.19. The minimum Gasteiger partial charge on any atom is -0.485 e. The highest BCUT2D eigenvalue weighted by Gasteiger charge is 2.16. The van der Waals surface area contributed by atoms with Crippen molar-refractivity contribution >= 4 is 52.3 Å². The molecule has 0 saturated carbocycles. The number of methoxy groups -OCH3 is 1. The van der Waals surface area contributed by atoms with Gasteiger partial charge in [-0.15, -0.1) is 12.4 Å². The minimum atomic E-state index is -0.291. The van der Waals surface area contributed by atoms with Crippen LogP contribution in [0.3, 0.4) is 0 Å². The summed E-state index contributed by atoms with van der Waals surface area (Å²) < 4.78 is 10.7. The van der Waals surface area contributed by atoms with Crippen LogP contribution in [0.1, 0.15) is 5.56 Å². The Morgan fingerprint density at radius 2 is 2.00 bits per heavy atom. The third kappa shape index (κ3) is 5.62. The second kappa shape index (κ2) is 10.7. The van der Waals surface area contributed by atoms with Gasteiger partial charge >= 0.3 is 0 Å². The maximum absolute atomic E-state index is 6.17. The van der Waals surface area contributed by atoms with Gasteiger partial charge < -0.3 is 25.5 Å². The first-order chi connectivity index (χ1) is 13.1. The predicted molar refractivity (Wildman–Crippen MR) is 115 cm³/mol. The number of rotatable bonds is 9. The number of anilines is 1. The van der Waals surface area contributed by atoms with Crippen LogP contribution in [0.15, 0.2) is 30.5 Å². The Morgan fingerprint density at radius 1 is 1.21 bits per heavy atom. The molecule has 0 spiro atoms. The molecule has 152 valence electrons. The van der Waals surface area contributed by atoms with Gasteiger partial charge in [0.25, 0.3) is 0 Å². The van der Waals surface area contributed by atoms with Crippen LogP contribution in [0.25, 0.3) is 10.9 Å². The zero-order chi connectivity index (χ0) is 19.2. The number of hydrogen-bond acceptors (Lipinski definition) is 6. The van der Waals surface area contributed by atoms with Gasteiger partial charge in [0.2, 0.25) is 5.28 Å². The number of ether oxygens (including phenoxy) is 2. The SMILES string of the molecule is COC[C@@H](N)COc1c(Cl)nc(Cl)nc1NCCc1c[nH]c2ccccc12.Cl. The van der Waals surface area contributed by atoms with Crippen molar-refractivity contribution in [1.82, 2.24) is 15.0 Å². The van der Waals surface area contributed by atoms with Crippen LogP contribution >= 0.6 is 35.6 Å². The average Bonchev–Trinajstić information content (AvgIpc) is 3.04. The summed E-state index contributed by atoms with van der Waals surface area (Å²) in [4.78, 5) is 11.4. The molecule has 7 nitrogen and oxygen atoms in total. The highest BCUT2D eigenvalue weighted by Crippen LogP contribution is 2.31. The van der Waals surface area contributed by atoms with Crippen LogP contribution in [0.5, 0.6) is 5.75 Å². The number of hydrogen-bond donors (Lipinski definition) is 3. The Balaban J connectivity index is 0.00000280. The lowest BCUT2D eigenvalue weighted by atomic mass is 10.1. The topological polar surface area (TPSA) is 98.1 Å². The smallest absolute Gasteiger partial charge is 0.226 e. The molecule has 4 N–H and O–H groups in total. The number of benzene rings is 1. The van der Waals surface area contributed by atoms with E-state index in [-0.39, 0.29) is 35.5 Å². The average molecular weight is 447 g/mol. The van der Waals surface area contributed by atoms with Crippen LogP contribution in [0, 0.1) is 0 Å². The van der Waals surface area contributed by atoms with E-state index in [1.54, 1.807) is 7.11 Å². The molecule has 0 radical (unpaired) electrons. The number of para-hydroxylation sites is 1. The Hall–Kier alpha value is -1.77. The van der Waals surface area contributed by atoms with Gasteiger partial charge in [-0.1, -0.05) is 29.8 Å². The van der Waals surface area contributed by atoms with Crippen LogP contribution in [0.4, 0.5) is 5.82 Å². The summed E-state index contributed by atoms with van der Waals surface area (Å²) in [7, 11) is 1.58. The lowest BCUT2D eigenvalue weighted by molar-refractivity contribution is 0.152. The fourth-order valence-electron chi connectivity index (χ4n) is 2.75. The van der Waals surface area contributed by atoms with Gasteiger partial charge in [0.15, 0.2) is 16.7 Å². The minimum absolute atomic E-state index is 0. The van der Waals surface area contributed by atoms with Crippen molar-refractivity contribution < 1.29 is 9.47 Å². The Bertz CT molecular complexity index is 906. The first-order valence-corrected chi connectivity index (χ1v) is 9.23. The van der Waals surface area contributed by atoms with Gasteiger partial charge in [-0.2, -0.15) is 4.98 Å². The van der Waals surface area contributed by atoms with Gasteiger partial charge in [-0.25, -0.2) is 4.98 Å². The fraction of sp³-hybridized carbons (Fsp3) is 0.333. The van der Waals surface area contributed by atoms with Crippen molar-refractivity contribution in [2.24, 2.45) is 5.73 Å². The van der Waals surface area contributed by atoms with E-state index in [9.17, 15) is 0 Å². The van der Waals surface area contributed by atoms with Gasteiger partial charge in [-0.3, -0.25) is 0 Å². The zero-order valence-electron chi connectivity index (χ0n) is 15.2. The summed E-state index contributed by atoms with van der Waals surface area (Å²) in [6, 6.07) is 7.87. The molecule has 10 heteroatoms. The van der Waals surface area contributed by atoms with Gasteiger partial charge in [0, 0.05) is 30.8 Å². The van der Waals surface area contributed by atoms with E-state index in [0.717, 1.165) is 11.9 Å². The number of aromatic amines is 1. The quantitative estimate of drug-likeness (QED) is 0.342. The van der Waals surface area contributed by atoms with Crippen LogP contribution in [-0.4, -0.2) is 47.9 Å². The molecule has 0 aliphatic heterocycles. The predicted octanol–water partition coefficient (Wildman–Crippen LogP) is 3.69. The van der Waals surface area contributed by atoms with Gasteiger partial charge in [-0.05, 0) is 29.7 Å². The standard InChI is InChI=1S/C18H21Cl2N5O2.ClH/c1-26-9-12(21)10-27-15-16(19)24-18(20)25-17(15)22-7-6-11-8-23-14-5-3-2-4-13(11)14;/h2-5,8,12,23H,6-7,9-10,21H2,1H3,(H,22,24,25);1H/t12-;/m1./s1. The van der Waals surface area contributed by atoms with Crippen LogP contribution < -0.4 is 15.8 Å². The maximum Gasteiger partial charge on any atom is 0.226 e. The summed E-state index contributed by atoms with van der Waals surface area (Å²) in [5.74, 6) is 0.760. The van der Waals surface area contributed by atoms with Gasteiger partial charge in [0.1, 0.15) is 6.61 Å². The molecule has 1 aromatic carbocycles. The lowest BCUT2D eigenvalue weighted by Gasteiger charge is -2.16. The van der Waals surface area contributed by atoms with E-state index < -0.39 is 0 Å². The molecule has 3 aromatic rings. The van der Waals surface area contributed by atoms with Crippen molar-refractivity contribution in [3.05, 3.63) is 46.5 Å². The Kier molecular flexibility index (Phi) is 8.59. The number of nitrogens with two attached hydrogens (primary N) is 1. The lowest BCUT2D eigenvalue weighted by Crippen LogP contribution is -2.32. The summed E-state index contributed by atoms with van der Waals surface area (Å²) in [6.07, 6.45) is 2.79. The van der Waals surface area contributed by atoms with E-state index in [4.69, 9.17) is 38.4 Å². The first-order valence-electron chi connectivity index (χ1n) is 8.47. The van der Waals surface area contributed by atoms with E-state index in [2.05, 4.69) is 26.3 Å². The molecule has 3 rings (SSSR count). The van der Waals surface area contributed by atoms with Crippen molar-refractivity contribution in [3.8, 4) is 5.75 Å². The highest BCUT2D eigenvalue weighted by atomic mass is 35.5. The van der Waals surface area contributed by atoms with E-state index in [1.165, 1.54) is 10.9 Å². The second-order valence-electron chi connectivity index (χ2n) is 6.02. The number of nitrogens with one attached hydrogen (secondary N) is 2. The number of aromatic nitrogens is 3. The Morgan fingerprint density at radius 3 is 2.79 bits per heavy atom. The molecule has 0 amide bonds. The molecule has 0 saturated heterocycles. The number of H-pyrrole nitrogens is 1. The normalized spacial score (nSPS) is 11.9. The van der Waals surface area contributed by atoms with E-state index >= 15 is 0 Å². The first kappa shape index (κ1) is 22.5. The van der Waals surface area contributed by atoms with Crippen molar-refractivity contribution in [1.29, 1.82) is 0 Å². The molecule has 2 heterocycles. The van der Waals surface area contributed by atoms with Crippen LogP contribution in [0.2, 0.25) is 10.4 Å². The summed E-state index contributed by atoms with van der Waals surface area (Å²) in [6.45, 7) is 1.21. The molecule has 2 aromatic heterocycles. The van der Waals surface area contributed by atoms with Crippen molar-refractivity contribution in [3.63, 3.8) is 0 Å². The third-order valence-corrected chi connectivity index (χ3v) is 4.41. The molecule has 0 bridgehead atoms. The molecule has 28 heavy (non-hydrogen) atoms. The highest BCUT2D eigenvalue weighted by molar-refractivity contribution is 6.33. The summed E-state index contributed by atoms with van der Waals surface area (Å²) in [5.41, 5.74) is 8.21. The third-order valence-electron chi connectivity index (χ3n) is 3.98. The van der Waals surface area contributed by atoms with E-state index in [0.29, 0.717) is 24.7 Å². The van der Waals surface area contributed by atoms with Crippen molar-refractivity contribution in [2.45, 2.75) is 12.5 Å². The van der Waals surface area contributed by atoms with Gasteiger partial charge in [0.05, 0.1) is 12.6 Å². The number of halogens is 3. The molecule has 0 aliphatic carbocycles. The van der Waals surface area contributed by atoms with E-state index in [1.807, 2.05) is 24.4 Å². The maximum atomic E-state index is 6.17. The monoisotopic (exact) mass is 445 g/mol. The Labute approximate surface area is 179 Å². The number of fused-ring (bicyclic) bond motifs is 1.